The van der Waals surface area contributed by atoms with Crippen molar-refractivity contribution >= 4 is 11.9 Å². The van der Waals surface area contributed by atoms with Crippen LogP contribution in [0.4, 0.5) is 0 Å². The van der Waals surface area contributed by atoms with Crippen molar-refractivity contribution in [1.82, 2.24) is 5.32 Å². The van der Waals surface area contributed by atoms with E-state index in [4.69, 9.17) is 4.74 Å². The van der Waals surface area contributed by atoms with Gasteiger partial charge in [-0.1, -0.05) is 345 Å². The third-order valence-corrected chi connectivity index (χ3v) is 17.1. The minimum atomic E-state index is -0.848. The van der Waals surface area contributed by atoms with Gasteiger partial charge in [-0.3, -0.25) is 9.59 Å². The van der Waals surface area contributed by atoms with E-state index >= 15 is 0 Å². The molecule has 0 heterocycles. The molecular formula is C76H143NO5. The van der Waals surface area contributed by atoms with Crippen LogP contribution in [0, 0.1) is 0 Å². The Bertz CT molecular complexity index is 1370. The molecule has 0 spiro atoms. The summed E-state index contributed by atoms with van der Waals surface area (Å²) in [7, 11) is 0. The largest absolute Gasteiger partial charge is 0.466 e. The molecule has 482 valence electrons. The number of aliphatic hydroxyl groups excluding tert-OH is 2. The van der Waals surface area contributed by atoms with Crippen molar-refractivity contribution in [3.05, 3.63) is 48.6 Å². The van der Waals surface area contributed by atoms with E-state index in [-0.39, 0.29) is 18.5 Å². The van der Waals surface area contributed by atoms with Crippen LogP contribution in [-0.2, 0) is 14.3 Å². The number of carbonyl (C=O) groups is 2. The molecule has 0 aliphatic carbocycles. The number of ether oxygens (including phenoxy) is 1. The van der Waals surface area contributed by atoms with E-state index in [2.05, 4.69) is 55.6 Å². The molecule has 2 unspecified atom stereocenters. The normalized spacial score (nSPS) is 12.8. The molecule has 6 nitrogen and oxygen atoms in total. The van der Waals surface area contributed by atoms with E-state index in [9.17, 15) is 19.8 Å². The Morgan fingerprint density at radius 1 is 0.341 bits per heavy atom. The Kier molecular flexibility index (Phi) is 69.4. The Morgan fingerprint density at radius 2 is 0.610 bits per heavy atom. The minimum Gasteiger partial charge on any atom is -0.466 e. The number of carbonyl (C=O) groups excluding carboxylic acids is 2. The average molecular weight is 1150 g/mol. The molecule has 1 amide bonds. The number of hydrogen-bond acceptors (Lipinski definition) is 5. The second-order valence-corrected chi connectivity index (χ2v) is 25.3. The lowest BCUT2D eigenvalue weighted by atomic mass is 10.0. The van der Waals surface area contributed by atoms with Gasteiger partial charge in [0.05, 0.1) is 25.4 Å². The summed E-state index contributed by atoms with van der Waals surface area (Å²) in [6.07, 6.45) is 93.4. The van der Waals surface area contributed by atoms with Crippen LogP contribution in [0.1, 0.15) is 399 Å². The van der Waals surface area contributed by atoms with Gasteiger partial charge in [-0.25, -0.2) is 0 Å². The summed E-state index contributed by atoms with van der Waals surface area (Å²) < 4.78 is 5.49. The highest BCUT2D eigenvalue weighted by molar-refractivity contribution is 5.76. The first kappa shape index (κ1) is 79.8. The number of amides is 1. The van der Waals surface area contributed by atoms with Crippen molar-refractivity contribution in [2.75, 3.05) is 13.2 Å². The predicted molar refractivity (Wildman–Crippen MR) is 361 cm³/mol. The molecule has 0 rings (SSSR count). The molecule has 82 heavy (non-hydrogen) atoms. The molecule has 6 heteroatoms. The smallest absolute Gasteiger partial charge is 0.305 e. The van der Waals surface area contributed by atoms with Crippen LogP contribution in [0.5, 0.6) is 0 Å². The van der Waals surface area contributed by atoms with Crippen molar-refractivity contribution in [1.29, 1.82) is 0 Å². The predicted octanol–water partition coefficient (Wildman–Crippen LogP) is 24.0. The summed E-state index contributed by atoms with van der Waals surface area (Å²) in [5.74, 6) is -0.0655. The zero-order chi connectivity index (χ0) is 59.2. The number of rotatable bonds is 69. The van der Waals surface area contributed by atoms with Gasteiger partial charge in [0.2, 0.25) is 5.91 Å². The van der Waals surface area contributed by atoms with Crippen molar-refractivity contribution in [2.45, 2.75) is 411 Å². The SMILES string of the molecule is CCCCCC/C=C\C/C=C\CCCCCCCC(=O)OCCCCCCCCCCCCCC/C=C\CCCCCCCCCCCCC(=O)NC(CO)C(O)/C=C/CCCCCCCCCCCCCCCCCCCCCCC. The van der Waals surface area contributed by atoms with Crippen LogP contribution in [0.2, 0.25) is 0 Å². The van der Waals surface area contributed by atoms with Gasteiger partial charge in [-0.2, -0.15) is 0 Å². The quantitative estimate of drug-likeness (QED) is 0.0320. The van der Waals surface area contributed by atoms with Gasteiger partial charge < -0.3 is 20.3 Å². The lowest BCUT2D eigenvalue weighted by molar-refractivity contribution is -0.143. The van der Waals surface area contributed by atoms with Crippen LogP contribution in [0.25, 0.3) is 0 Å². The first-order valence-corrected chi connectivity index (χ1v) is 36.9. The number of unbranched alkanes of at least 4 members (excludes halogenated alkanes) is 52. The van der Waals surface area contributed by atoms with Crippen LogP contribution >= 0.6 is 0 Å². The van der Waals surface area contributed by atoms with Crippen LogP contribution in [0.15, 0.2) is 48.6 Å². The first-order valence-electron chi connectivity index (χ1n) is 36.9. The monoisotopic (exact) mass is 1150 g/mol. The van der Waals surface area contributed by atoms with Gasteiger partial charge in [0.1, 0.15) is 0 Å². The van der Waals surface area contributed by atoms with Gasteiger partial charge in [-0.15, -0.1) is 0 Å². The van der Waals surface area contributed by atoms with E-state index < -0.39 is 12.1 Å². The van der Waals surface area contributed by atoms with E-state index in [1.54, 1.807) is 6.08 Å². The zero-order valence-electron chi connectivity index (χ0n) is 55.2. The molecule has 0 aromatic rings. The highest BCUT2D eigenvalue weighted by atomic mass is 16.5. The van der Waals surface area contributed by atoms with Gasteiger partial charge in [0.25, 0.3) is 0 Å². The minimum absolute atomic E-state index is 0.000774. The maximum Gasteiger partial charge on any atom is 0.305 e. The Morgan fingerprint density at radius 3 is 0.951 bits per heavy atom. The van der Waals surface area contributed by atoms with E-state index in [0.29, 0.717) is 19.4 Å². The van der Waals surface area contributed by atoms with Gasteiger partial charge in [0.15, 0.2) is 0 Å². The fraction of sp³-hybridized carbons (Fsp3) is 0.868. The average Bonchev–Trinajstić information content (AvgIpc) is 3.48. The third kappa shape index (κ3) is 67.0. The lowest BCUT2D eigenvalue weighted by Gasteiger charge is -2.20. The number of nitrogens with one attached hydrogen (secondary N) is 1. The third-order valence-electron chi connectivity index (χ3n) is 17.1. The summed E-state index contributed by atoms with van der Waals surface area (Å²) >= 11 is 0. The topological polar surface area (TPSA) is 95.9 Å². The number of esters is 1. The summed E-state index contributed by atoms with van der Waals surface area (Å²) in [6.45, 7) is 4.91. The van der Waals surface area contributed by atoms with Crippen molar-refractivity contribution in [2.24, 2.45) is 0 Å². The fourth-order valence-electron chi connectivity index (χ4n) is 11.4. The maximum absolute atomic E-state index is 12.5. The second-order valence-electron chi connectivity index (χ2n) is 25.3. The molecule has 2 atom stereocenters. The summed E-state index contributed by atoms with van der Waals surface area (Å²) in [5, 5.41) is 23.3. The molecule has 0 bridgehead atoms. The number of aliphatic hydroxyl groups is 2. The molecule has 0 aliphatic heterocycles. The van der Waals surface area contributed by atoms with Crippen LogP contribution < -0.4 is 5.32 Å². The molecular weight excluding hydrogens is 1010 g/mol. The molecule has 3 N–H and O–H groups in total. The molecule has 0 saturated heterocycles. The van der Waals surface area contributed by atoms with Gasteiger partial charge in [-0.05, 0) is 89.9 Å². The summed E-state index contributed by atoms with van der Waals surface area (Å²) in [6, 6.07) is -0.632. The van der Waals surface area contributed by atoms with Crippen LogP contribution in [-0.4, -0.2) is 47.4 Å². The van der Waals surface area contributed by atoms with Gasteiger partial charge >= 0.3 is 5.97 Å². The summed E-state index contributed by atoms with van der Waals surface area (Å²) in [5.41, 5.74) is 0. The Hall–Kier alpha value is -2.18. The van der Waals surface area contributed by atoms with E-state index in [1.165, 1.54) is 321 Å². The maximum atomic E-state index is 12.5. The van der Waals surface area contributed by atoms with Crippen molar-refractivity contribution < 1.29 is 24.5 Å². The van der Waals surface area contributed by atoms with Crippen LogP contribution in [0.3, 0.4) is 0 Å². The van der Waals surface area contributed by atoms with Crippen molar-refractivity contribution in [3.8, 4) is 0 Å². The molecule has 0 fully saturated rings. The number of allylic oxidation sites excluding steroid dienone is 7. The molecule has 0 aliphatic rings. The van der Waals surface area contributed by atoms with E-state index in [0.717, 1.165) is 51.4 Å². The van der Waals surface area contributed by atoms with Crippen molar-refractivity contribution in [3.63, 3.8) is 0 Å². The lowest BCUT2D eigenvalue weighted by Crippen LogP contribution is -2.45. The van der Waals surface area contributed by atoms with E-state index in [1.807, 2.05) is 6.08 Å². The fourth-order valence-corrected chi connectivity index (χ4v) is 11.4. The Balaban J connectivity index is 3.42. The zero-order valence-corrected chi connectivity index (χ0v) is 55.2. The highest BCUT2D eigenvalue weighted by Gasteiger charge is 2.18. The standard InChI is InChI=1S/C76H143NO5/c1-3-5-7-9-11-13-15-17-19-21-22-23-28-31-34-37-40-44-48-52-56-60-64-68-74(79)73(72-78)77-75(80)69-65-61-57-53-49-45-41-38-35-32-29-26-24-25-27-30-33-36-39-43-47-51-55-59-63-67-71-82-76(81)70-66-62-58-54-50-46-42-20-18-16-14-12-10-8-6-4-2/h14,16,20,24,26,42,64,68,73-74,78-79H,3-13,15,17-19,21-23,25,27-41,43-63,65-67,69-72H2,1-2H3,(H,77,80)/b16-14-,26-24-,42-20-,68-64+. The molecule has 0 saturated carbocycles. The Labute approximate surface area is 512 Å². The first-order chi connectivity index (χ1) is 40.5. The summed E-state index contributed by atoms with van der Waals surface area (Å²) in [4.78, 5) is 24.6. The molecule has 0 aromatic heterocycles. The van der Waals surface area contributed by atoms with Gasteiger partial charge in [0, 0.05) is 12.8 Å². The number of hydrogen-bond donors (Lipinski definition) is 3. The molecule has 0 aromatic carbocycles. The second kappa shape index (κ2) is 71.3. The highest BCUT2D eigenvalue weighted by Crippen LogP contribution is 2.18. The molecule has 0 radical (unpaired) electrons.